The normalized spacial score (nSPS) is 20.0. The highest BCUT2D eigenvalue weighted by atomic mass is 16.2. The molecule has 2 rings (SSSR count). The number of nitrogens with one attached hydrogen (secondary N) is 3. The van der Waals surface area contributed by atoms with E-state index in [1.165, 1.54) is 12.8 Å². The van der Waals surface area contributed by atoms with Crippen molar-refractivity contribution < 1.29 is 9.59 Å². The van der Waals surface area contributed by atoms with E-state index in [4.69, 9.17) is 0 Å². The fourth-order valence-corrected chi connectivity index (χ4v) is 2.16. The third-order valence-electron chi connectivity index (χ3n) is 3.35. The fraction of sp³-hybridized carbons (Fsp3) is 0.833. The molecular formula is C12H21N3O2. The van der Waals surface area contributed by atoms with Crippen LogP contribution < -0.4 is 16.0 Å². The molecule has 0 atom stereocenters. The van der Waals surface area contributed by atoms with Crippen molar-refractivity contribution in [3.8, 4) is 0 Å². The van der Waals surface area contributed by atoms with Gasteiger partial charge in [-0.1, -0.05) is 12.8 Å². The molecule has 0 aromatic carbocycles. The third kappa shape index (κ3) is 4.24. The first-order valence-corrected chi connectivity index (χ1v) is 6.58. The Morgan fingerprint density at radius 1 is 0.941 bits per heavy atom. The van der Waals surface area contributed by atoms with Crippen LogP contribution in [0.1, 0.15) is 38.5 Å². The maximum atomic E-state index is 11.5. The molecule has 0 aromatic heterocycles. The molecule has 0 aliphatic heterocycles. The second-order valence-corrected chi connectivity index (χ2v) is 4.95. The van der Waals surface area contributed by atoms with Gasteiger partial charge in [0.15, 0.2) is 0 Å². The highest BCUT2D eigenvalue weighted by Crippen LogP contribution is 2.28. The van der Waals surface area contributed by atoms with Crippen molar-refractivity contribution in [2.24, 2.45) is 5.92 Å². The first-order valence-electron chi connectivity index (χ1n) is 6.58. The van der Waals surface area contributed by atoms with E-state index in [0.717, 1.165) is 25.7 Å². The third-order valence-corrected chi connectivity index (χ3v) is 3.35. The molecule has 5 heteroatoms. The van der Waals surface area contributed by atoms with E-state index in [-0.39, 0.29) is 17.9 Å². The lowest BCUT2D eigenvalue weighted by Crippen LogP contribution is -2.43. The van der Waals surface area contributed by atoms with Gasteiger partial charge in [-0.2, -0.15) is 0 Å². The first-order chi connectivity index (χ1) is 8.25. The number of hydrogen-bond acceptors (Lipinski definition) is 2. The lowest BCUT2D eigenvalue weighted by atomic mass is 10.2. The first kappa shape index (κ1) is 12.2. The maximum Gasteiger partial charge on any atom is 0.315 e. The lowest BCUT2D eigenvalue weighted by molar-refractivity contribution is -0.122. The zero-order valence-corrected chi connectivity index (χ0v) is 10.1. The molecule has 3 amide bonds. The molecule has 0 radical (unpaired) electrons. The molecule has 0 heterocycles. The van der Waals surface area contributed by atoms with Crippen molar-refractivity contribution in [2.45, 2.75) is 44.6 Å². The van der Waals surface area contributed by atoms with Crippen LogP contribution in [0.4, 0.5) is 4.79 Å². The molecule has 3 N–H and O–H groups in total. The molecule has 0 bridgehead atoms. The fourth-order valence-electron chi connectivity index (χ4n) is 2.16. The van der Waals surface area contributed by atoms with E-state index in [2.05, 4.69) is 16.0 Å². The van der Waals surface area contributed by atoms with E-state index >= 15 is 0 Å². The van der Waals surface area contributed by atoms with Gasteiger partial charge in [-0.05, 0) is 25.7 Å². The van der Waals surface area contributed by atoms with Gasteiger partial charge in [0, 0.05) is 25.0 Å². The van der Waals surface area contributed by atoms with Crippen molar-refractivity contribution >= 4 is 11.9 Å². The van der Waals surface area contributed by atoms with E-state index in [1.54, 1.807) is 0 Å². The van der Waals surface area contributed by atoms with Gasteiger partial charge in [-0.3, -0.25) is 4.79 Å². The number of carbonyl (C=O) groups is 2. The largest absolute Gasteiger partial charge is 0.354 e. The summed E-state index contributed by atoms with van der Waals surface area (Å²) >= 11 is 0. The van der Waals surface area contributed by atoms with Crippen LogP contribution in [-0.4, -0.2) is 31.1 Å². The number of amides is 3. The van der Waals surface area contributed by atoms with Gasteiger partial charge >= 0.3 is 6.03 Å². The van der Waals surface area contributed by atoms with Gasteiger partial charge in [0.05, 0.1) is 0 Å². The molecule has 0 spiro atoms. The van der Waals surface area contributed by atoms with Gasteiger partial charge in [0.2, 0.25) is 5.91 Å². The van der Waals surface area contributed by atoms with Crippen LogP contribution in [0, 0.1) is 5.92 Å². The molecule has 0 saturated heterocycles. The Morgan fingerprint density at radius 3 is 2.24 bits per heavy atom. The minimum atomic E-state index is -0.113. The van der Waals surface area contributed by atoms with Crippen LogP contribution >= 0.6 is 0 Å². The summed E-state index contributed by atoms with van der Waals surface area (Å²) in [6.07, 6.45) is 6.63. The van der Waals surface area contributed by atoms with E-state index in [1.807, 2.05) is 0 Å². The molecule has 2 aliphatic rings. The molecule has 96 valence electrons. The van der Waals surface area contributed by atoms with Gasteiger partial charge in [0.25, 0.3) is 0 Å². The zero-order chi connectivity index (χ0) is 12.1. The molecule has 0 aromatic rings. The molecule has 5 nitrogen and oxygen atoms in total. The summed E-state index contributed by atoms with van der Waals surface area (Å²) in [5.41, 5.74) is 0. The molecule has 2 saturated carbocycles. The topological polar surface area (TPSA) is 70.2 Å². The predicted octanol–water partition coefficient (Wildman–Crippen LogP) is 0.754. The zero-order valence-electron chi connectivity index (χ0n) is 10.1. The molecule has 17 heavy (non-hydrogen) atoms. The van der Waals surface area contributed by atoms with Crippen LogP contribution in [0.25, 0.3) is 0 Å². The number of rotatable bonds is 5. The Bertz CT molecular complexity index is 283. The minimum Gasteiger partial charge on any atom is -0.354 e. The van der Waals surface area contributed by atoms with Crippen molar-refractivity contribution in [3.63, 3.8) is 0 Å². The summed E-state index contributed by atoms with van der Waals surface area (Å²) in [6.45, 7) is 1.02. The molecule has 2 fully saturated rings. The number of carbonyl (C=O) groups excluding carboxylic acids is 2. The monoisotopic (exact) mass is 239 g/mol. The second kappa shape index (κ2) is 5.89. The average molecular weight is 239 g/mol. The Morgan fingerprint density at radius 2 is 1.59 bits per heavy atom. The second-order valence-electron chi connectivity index (χ2n) is 4.95. The summed E-state index contributed by atoms with van der Waals surface area (Å²) in [7, 11) is 0. The highest BCUT2D eigenvalue weighted by Gasteiger charge is 2.29. The van der Waals surface area contributed by atoms with Crippen LogP contribution in [-0.2, 0) is 4.79 Å². The Kier molecular flexibility index (Phi) is 4.23. The van der Waals surface area contributed by atoms with Crippen molar-refractivity contribution in [1.82, 2.24) is 16.0 Å². The van der Waals surface area contributed by atoms with Crippen molar-refractivity contribution in [2.75, 3.05) is 13.1 Å². The Labute approximate surface area is 102 Å². The van der Waals surface area contributed by atoms with Gasteiger partial charge < -0.3 is 16.0 Å². The van der Waals surface area contributed by atoms with Gasteiger partial charge in [-0.15, -0.1) is 0 Å². The van der Waals surface area contributed by atoms with E-state index < -0.39 is 0 Å². The van der Waals surface area contributed by atoms with Crippen LogP contribution in [0.15, 0.2) is 0 Å². The molecule has 0 unspecified atom stereocenters. The van der Waals surface area contributed by atoms with E-state index in [9.17, 15) is 9.59 Å². The van der Waals surface area contributed by atoms with Crippen LogP contribution in [0.3, 0.4) is 0 Å². The maximum absolute atomic E-state index is 11.5. The lowest BCUT2D eigenvalue weighted by Gasteiger charge is -2.13. The van der Waals surface area contributed by atoms with E-state index in [0.29, 0.717) is 19.1 Å². The number of hydrogen-bond donors (Lipinski definition) is 3. The molecular weight excluding hydrogens is 218 g/mol. The van der Waals surface area contributed by atoms with Gasteiger partial charge in [0.1, 0.15) is 0 Å². The van der Waals surface area contributed by atoms with Gasteiger partial charge in [-0.25, -0.2) is 4.79 Å². The minimum absolute atomic E-state index is 0.113. The molecule has 2 aliphatic carbocycles. The summed E-state index contributed by atoms with van der Waals surface area (Å²) in [5.74, 6) is 0.366. The van der Waals surface area contributed by atoms with Crippen molar-refractivity contribution in [1.29, 1.82) is 0 Å². The van der Waals surface area contributed by atoms with Crippen LogP contribution in [0.5, 0.6) is 0 Å². The summed E-state index contributed by atoms with van der Waals surface area (Å²) < 4.78 is 0. The highest BCUT2D eigenvalue weighted by molar-refractivity contribution is 5.80. The quantitative estimate of drug-likeness (QED) is 0.620. The Hall–Kier alpha value is -1.26. The summed E-state index contributed by atoms with van der Waals surface area (Å²) in [6, 6.07) is 0.230. The number of urea groups is 1. The SMILES string of the molecule is O=C(NCCNC(=O)C1CC1)NC1CCCC1. The Balaban J connectivity index is 1.48. The average Bonchev–Trinajstić information content (AvgIpc) is 3.04. The van der Waals surface area contributed by atoms with Crippen LogP contribution in [0.2, 0.25) is 0 Å². The summed E-state index contributed by atoms with van der Waals surface area (Å²) in [4.78, 5) is 22.7. The predicted molar refractivity (Wildman–Crippen MR) is 64.5 cm³/mol. The van der Waals surface area contributed by atoms with Crippen molar-refractivity contribution in [3.05, 3.63) is 0 Å². The standard InChI is InChI=1S/C12H21N3O2/c16-11(9-5-6-9)13-7-8-14-12(17)15-10-3-1-2-4-10/h9-10H,1-8H2,(H,13,16)(H2,14,15,17). The summed E-state index contributed by atoms with van der Waals surface area (Å²) in [5, 5.41) is 8.51. The smallest absolute Gasteiger partial charge is 0.315 e.